The van der Waals surface area contributed by atoms with Gasteiger partial charge in [0.25, 0.3) is 0 Å². The van der Waals surface area contributed by atoms with Gasteiger partial charge in [0.1, 0.15) is 5.00 Å². The van der Waals surface area contributed by atoms with Gasteiger partial charge in [-0.05, 0) is 12.1 Å². The molecular formula is C19H22Cl3N3S. The second-order valence-electron chi connectivity index (χ2n) is 6.77. The minimum atomic E-state index is -0.125. The maximum absolute atomic E-state index is 6.29. The Morgan fingerprint density at radius 3 is 2.12 bits per heavy atom. The quantitative estimate of drug-likeness (QED) is 0.466. The van der Waals surface area contributed by atoms with Crippen LogP contribution in [-0.4, -0.2) is 18.1 Å². The molecule has 0 bridgehead atoms. The molecule has 0 radical (unpaired) electrons. The first-order valence-corrected chi connectivity index (χ1v) is 10.0. The van der Waals surface area contributed by atoms with Gasteiger partial charge in [0.2, 0.25) is 0 Å². The lowest BCUT2D eigenvalue weighted by molar-refractivity contribution is 0.572. The minimum Gasteiger partial charge on any atom is -0.354 e. The Labute approximate surface area is 174 Å². The molecule has 0 amide bonds. The molecule has 0 saturated carbocycles. The lowest BCUT2D eigenvalue weighted by Gasteiger charge is -2.25. The first-order chi connectivity index (χ1) is 12.2. The summed E-state index contributed by atoms with van der Waals surface area (Å²) in [6.45, 7) is 15.5. The number of halogens is 3. The lowest BCUT2D eigenvalue weighted by Crippen LogP contribution is -2.26. The van der Waals surface area contributed by atoms with Crippen LogP contribution < -0.4 is 10.2 Å². The third-order valence-electron chi connectivity index (χ3n) is 3.54. The van der Waals surface area contributed by atoms with E-state index in [4.69, 9.17) is 39.8 Å². The van der Waals surface area contributed by atoms with Gasteiger partial charge in [-0.25, -0.2) is 4.98 Å². The first kappa shape index (κ1) is 21.1. The number of nitrogens with zero attached hydrogens (tertiary/aromatic N) is 2. The third kappa shape index (κ3) is 4.95. The Hall–Kier alpha value is -1.20. The number of benzene rings is 1. The van der Waals surface area contributed by atoms with Gasteiger partial charge in [-0.3, -0.25) is 0 Å². The second kappa shape index (κ2) is 8.66. The van der Waals surface area contributed by atoms with Crippen LogP contribution in [-0.2, 0) is 5.41 Å². The molecule has 0 saturated heterocycles. The van der Waals surface area contributed by atoms with E-state index in [-0.39, 0.29) is 5.41 Å². The smallest absolute Gasteiger partial charge is 0.189 e. The van der Waals surface area contributed by atoms with Crippen molar-refractivity contribution in [2.75, 3.05) is 23.3 Å². The molecule has 0 aliphatic carbocycles. The Balaban J connectivity index is 2.48. The molecule has 140 valence electrons. The highest BCUT2D eigenvalue weighted by molar-refractivity contribution is 7.19. The van der Waals surface area contributed by atoms with Crippen molar-refractivity contribution in [1.82, 2.24) is 4.98 Å². The maximum atomic E-state index is 6.29. The predicted octanol–water partition coefficient (Wildman–Crippen LogP) is 7.32. The molecule has 1 N–H and O–H groups in total. The largest absolute Gasteiger partial charge is 0.354 e. The van der Waals surface area contributed by atoms with E-state index in [9.17, 15) is 0 Å². The Bertz CT molecular complexity index is 776. The molecule has 1 aromatic heterocycles. The fourth-order valence-electron chi connectivity index (χ4n) is 2.39. The number of anilines is 3. The summed E-state index contributed by atoms with van der Waals surface area (Å²) in [6.07, 6.45) is 3.74. The molecule has 0 spiro atoms. The van der Waals surface area contributed by atoms with Crippen molar-refractivity contribution in [2.24, 2.45) is 0 Å². The van der Waals surface area contributed by atoms with Crippen LogP contribution in [0.4, 0.5) is 15.8 Å². The monoisotopic (exact) mass is 429 g/mol. The van der Waals surface area contributed by atoms with Gasteiger partial charge in [-0.15, -0.1) is 13.2 Å². The van der Waals surface area contributed by atoms with Crippen molar-refractivity contribution < 1.29 is 0 Å². The molecule has 0 fully saturated rings. The predicted molar refractivity (Wildman–Crippen MR) is 118 cm³/mol. The lowest BCUT2D eigenvalue weighted by atomic mass is 9.92. The molecule has 1 aromatic carbocycles. The molecule has 0 aliphatic heterocycles. The van der Waals surface area contributed by atoms with Gasteiger partial charge in [0.15, 0.2) is 5.13 Å². The van der Waals surface area contributed by atoms with Gasteiger partial charge in [0, 0.05) is 23.5 Å². The summed E-state index contributed by atoms with van der Waals surface area (Å²) in [5.41, 5.74) is 1.47. The second-order valence-corrected chi connectivity index (χ2v) is 9.00. The SMILES string of the molecule is C=CCN(CC=C)c1sc(Nc2c(Cl)cc(Cl)cc2Cl)nc1C(C)(C)C. The molecule has 1 heterocycles. The zero-order valence-electron chi connectivity index (χ0n) is 15.1. The Kier molecular flexibility index (Phi) is 7.03. The summed E-state index contributed by atoms with van der Waals surface area (Å²) in [4.78, 5) is 7.00. The zero-order valence-corrected chi connectivity index (χ0v) is 18.2. The number of hydrogen-bond acceptors (Lipinski definition) is 4. The van der Waals surface area contributed by atoms with Crippen LogP contribution in [0, 0.1) is 0 Å². The van der Waals surface area contributed by atoms with Crippen LogP contribution in [0.1, 0.15) is 26.5 Å². The van der Waals surface area contributed by atoms with E-state index >= 15 is 0 Å². The molecule has 26 heavy (non-hydrogen) atoms. The average Bonchev–Trinajstić information content (AvgIpc) is 2.95. The van der Waals surface area contributed by atoms with Gasteiger partial charge < -0.3 is 10.2 Å². The summed E-state index contributed by atoms with van der Waals surface area (Å²) in [5.74, 6) is 0. The standard InChI is InChI=1S/C19H22Cl3N3S/c1-6-8-25(9-7-2)17-16(19(3,4)5)24-18(26-17)23-15-13(21)10-12(20)11-14(15)22/h6-7,10-11H,1-2,8-9H2,3-5H3,(H,23,24). The number of aromatic nitrogens is 1. The Morgan fingerprint density at radius 2 is 1.65 bits per heavy atom. The van der Waals surface area contributed by atoms with Crippen molar-refractivity contribution in [3.8, 4) is 0 Å². The average molecular weight is 431 g/mol. The summed E-state index contributed by atoms with van der Waals surface area (Å²) in [5, 5.41) is 6.42. The fourth-order valence-corrected chi connectivity index (χ4v) is 4.50. The van der Waals surface area contributed by atoms with E-state index in [1.54, 1.807) is 23.5 Å². The molecule has 0 atom stereocenters. The van der Waals surface area contributed by atoms with E-state index in [0.717, 1.165) is 10.7 Å². The number of hydrogen-bond donors (Lipinski definition) is 1. The van der Waals surface area contributed by atoms with Crippen molar-refractivity contribution >= 4 is 62.0 Å². The van der Waals surface area contributed by atoms with Crippen LogP contribution in [0.3, 0.4) is 0 Å². The van der Waals surface area contributed by atoms with Crippen LogP contribution in [0.25, 0.3) is 0 Å². The van der Waals surface area contributed by atoms with Crippen LogP contribution >= 0.6 is 46.1 Å². The van der Waals surface area contributed by atoms with Crippen LogP contribution in [0.15, 0.2) is 37.4 Å². The summed E-state index contributed by atoms with van der Waals surface area (Å²) < 4.78 is 0. The molecule has 2 rings (SSSR count). The highest BCUT2D eigenvalue weighted by Gasteiger charge is 2.26. The zero-order chi connectivity index (χ0) is 19.5. The van der Waals surface area contributed by atoms with Crippen molar-refractivity contribution in [3.05, 3.63) is 58.2 Å². The van der Waals surface area contributed by atoms with Crippen molar-refractivity contribution in [2.45, 2.75) is 26.2 Å². The molecule has 3 nitrogen and oxygen atoms in total. The first-order valence-electron chi connectivity index (χ1n) is 8.07. The van der Waals surface area contributed by atoms with Gasteiger partial charge in [-0.1, -0.05) is 79.1 Å². The number of nitrogens with one attached hydrogen (secondary N) is 1. The molecule has 7 heteroatoms. The van der Waals surface area contributed by atoms with Crippen molar-refractivity contribution in [3.63, 3.8) is 0 Å². The van der Waals surface area contributed by atoms with E-state index in [0.29, 0.717) is 39.0 Å². The van der Waals surface area contributed by atoms with Gasteiger partial charge in [-0.2, -0.15) is 0 Å². The molecular weight excluding hydrogens is 409 g/mol. The maximum Gasteiger partial charge on any atom is 0.189 e. The number of rotatable bonds is 7. The van der Waals surface area contributed by atoms with E-state index in [1.807, 2.05) is 12.2 Å². The summed E-state index contributed by atoms with van der Waals surface area (Å²) >= 11 is 20.1. The Morgan fingerprint density at radius 1 is 1.12 bits per heavy atom. The van der Waals surface area contributed by atoms with E-state index in [1.165, 1.54) is 0 Å². The summed E-state index contributed by atoms with van der Waals surface area (Å²) in [6, 6.07) is 3.30. The van der Waals surface area contributed by atoms with Crippen molar-refractivity contribution in [1.29, 1.82) is 0 Å². The summed E-state index contributed by atoms with van der Waals surface area (Å²) in [7, 11) is 0. The fraction of sp³-hybridized carbons (Fsp3) is 0.316. The van der Waals surface area contributed by atoms with Gasteiger partial charge in [0.05, 0.1) is 21.4 Å². The van der Waals surface area contributed by atoms with E-state index < -0.39 is 0 Å². The van der Waals surface area contributed by atoms with Gasteiger partial charge >= 0.3 is 0 Å². The number of thiazole rings is 1. The normalized spacial score (nSPS) is 11.3. The molecule has 2 aromatic rings. The molecule has 0 unspecified atom stereocenters. The van der Waals surface area contributed by atoms with Crippen LogP contribution in [0.2, 0.25) is 15.1 Å². The highest BCUT2D eigenvalue weighted by Crippen LogP contribution is 2.42. The topological polar surface area (TPSA) is 28.2 Å². The third-order valence-corrected chi connectivity index (χ3v) is 5.39. The molecule has 0 aliphatic rings. The minimum absolute atomic E-state index is 0.125. The van der Waals surface area contributed by atoms with E-state index in [2.05, 4.69) is 44.1 Å². The highest BCUT2D eigenvalue weighted by atomic mass is 35.5. The van der Waals surface area contributed by atoms with Crippen LogP contribution in [0.5, 0.6) is 0 Å².